The zero-order valence-corrected chi connectivity index (χ0v) is 10.5. The van der Waals surface area contributed by atoms with Crippen LogP contribution in [0.25, 0.3) is 0 Å². The molecule has 0 bridgehead atoms. The summed E-state index contributed by atoms with van der Waals surface area (Å²) in [5.74, 6) is -0.237. The van der Waals surface area contributed by atoms with Gasteiger partial charge in [0.2, 0.25) is 0 Å². The van der Waals surface area contributed by atoms with Crippen LogP contribution in [0.5, 0.6) is 0 Å². The van der Waals surface area contributed by atoms with Crippen LogP contribution >= 0.6 is 0 Å². The first-order valence-corrected chi connectivity index (χ1v) is 5.93. The Bertz CT molecular complexity index is 518. The van der Waals surface area contributed by atoms with Gasteiger partial charge in [0.15, 0.2) is 0 Å². The van der Waals surface area contributed by atoms with E-state index in [9.17, 15) is 14.9 Å². The van der Waals surface area contributed by atoms with E-state index >= 15 is 0 Å². The lowest BCUT2D eigenvalue weighted by molar-refractivity contribution is -0.383. The van der Waals surface area contributed by atoms with Crippen molar-refractivity contribution < 1.29 is 14.5 Å². The summed E-state index contributed by atoms with van der Waals surface area (Å²) in [4.78, 5) is 24.2. The average Bonchev–Trinajstić information content (AvgIpc) is 2.38. The van der Waals surface area contributed by atoms with Gasteiger partial charge in [-0.3, -0.25) is 14.9 Å². The number of nitro groups is 1. The summed E-state index contributed by atoms with van der Waals surface area (Å²) in [5.41, 5.74) is 5.59. The van der Waals surface area contributed by atoms with Crippen molar-refractivity contribution in [3.8, 4) is 0 Å². The molecule has 1 fully saturated rings. The number of amides is 1. The van der Waals surface area contributed by atoms with Crippen molar-refractivity contribution in [1.82, 2.24) is 4.90 Å². The minimum atomic E-state index is -0.588. The Morgan fingerprint density at radius 2 is 2.32 bits per heavy atom. The normalized spacial score (nSPS) is 19.2. The summed E-state index contributed by atoms with van der Waals surface area (Å²) in [5, 5.41) is 10.8. The monoisotopic (exact) mass is 265 g/mol. The number of rotatable bonds is 2. The van der Waals surface area contributed by atoms with Crippen molar-refractivity contribution in [2.75, 3.05) is 25.5 Å². The van der Waals surface area contributed by atoms with Crippen LogP contribution in [-0.4, -0.2) is 41.5 Å². The minimum Gasteiger partial charge on any atom is -0.393 e. The predicted molar refractivity (Wildman–Crippen MR) is 68.8 cm³/mol. The molecule has 1 unspecified atom stereocenters. The molecule has 0 aliphatic carbocycles. The Morgan fingerprint density at radius 3 is 2.95 bits per heavy atom. The Labute approximate surface area is 110 Å². The molecule has 2 N–H and O–H groups in total. The van der Waals surface area contributed by atoms with Gasteiger partial charge in [-0.1, -0.05) is 0 Å². The second-order valence-corrected chi connectivity index (χ2v) is 4.45. The smallest absolute Gasteiger partial charge is 0.292 e. The molecule has 1 atom stereocenters. The highest BCUT2D eigenvalue weighted by atomic mass is 16.6. The molecule has 2 rings (SSSR count). The maximum absolute atomic E-state index is 12.3. The fourth-order valence-corrected chi connectivity index (χ4v) is 2.03. The number of nitrogen functional groups attached to an aromatic ring is 1. The number of morpholine rings is 1. The van der Waals surface area contributed by atoms with Crippen LogP contribution in [0.4, 0.5) is 11.4 Å². The van der Waals surface area contributed by atoms with E-state index in [-0.39, 0.29) is 28.9 Å². The van der Waals surface area contributed by atoms with Crippen molar-refractivity contribution in [3.05, 3.63) is 33.9 Å². The number of carbonyl (C=O) groups excluding carboxylic acids is 1. The second kappa shape index (κ2) is 5.23. The maximum Gasteiger partial charge on any atom is 0.292 e. The molecule has 0 spiro atoms. The highest BCUT2D eigenvalue weighted by molar-refractivity contribution is 5.95. The fourth-order valence-electron chi connectivity index (χ4n) is 2.03. The Balaban J connectivity index is 2.28. The van der Waals surface area contributed by atoms with E-state index < -0.39 is 4.92 Å². The number of hydrogen-bond acceptors (Lipinski definition) is 5. The van der Waals surface area contributed by atoms with Gasteiger partial charge in [-0.2, -0.15) is 0 Å². The van der Waals surface area contributed by atoms with Gasteiger partial charge < -0.3 is 15.4 Å². The minimum absolute atomic E-state index is 0.0436. The van der Waals surface area contributed by atoms with Crippen LogP contribution in [0, 0.1) is 10.1 Å². The van der Waals surface area contributed by atoms with Crippen LogP contribution in [0.1, 0.15) is 17.3 Å². The molecule has 0 radical (unpaired) electrons. The summed E-state index contributed by atoms with van der Waals surface area (Å²) in [6.07, 6.45) is 0. The summed E-state index contributed by atoms with van der Waals surface area (Å²) >= 11 is 0. The number of anilines is 1. The third kappa shape index (κ3) is 2.65. The van der Waals surface area contributed by atoms with Gasteiger partial charge in [0.25, 0.3) is 11.6 Å². The lowest BCUT2D eigenvalue weighted by Gasteiger charge is -2.33. The molecule has 19 heavy (non-hydrogen) atoms. The highest BCUT2D eigenvalue weighted by Crippen LogP contribution is 2.23. The van der Waals surface area contributed by atoms with Crippen LogP contribution < -0.4 is 5.73 Å². The Hall–Kier alpha value is -2.15. The number of nitrogens with two attached hydrogens (primary N) is 1. The summed E-state index contributed by atoms with van der Waals surface area (Å²) < 4.78 is 5.26. The van der Waals surface area contributed by atoms with Gasteiger partial charge in [0.1, 0.15) is 5.69 Å². The molecule has 102 valence electrons. The topological polar surface area (TPSA) is 98.7 Å². The van der Waals surface area contributed by atoms with Gasteiger partial charge >= 0.3 is 0 Å². The zero-order valence-electron chi connectivity index (χ0n) is 10.5. The lowest BCUT2D eigenvalue weighted by atomic mass is 10.1. The Morgan fingerprint density at radius 1 is 1.58 bits per heavy atom. The van der Waals surface area contributed by atoms with Crippen molar-refractivity contribution in [3.63, 3.8) is 0 Å². The van der Waals surface area contributed by atoms with Gasteiger partial charge in [-0.15, -0.1) is 0 Å². The standard InChI is InChI=1S/C12H15N3O4/c1-8-7-19-5-4-14(8)12(16)9-2-3-10(13)11(6-9)15(17)18/h2-3,6,8H,4-5,7,13H2,1H3. The van der Waals surface area contributed by atoms with E-state index in [2.05, 4.69) is 0 Å². The number of hydrogen-bond donors (Lipinski definition) is 1. The number of ether oxygens (including phenoxy) is 1. The van der Waals surface area contributed by atoms with E-state index in [1.807, 2.05) is 6.92 Å². The van der Waals surface area contributed by atoms with Gasteiger partial charge in [-0.25, -0.2) is 0 Å². The molecule has 0 aromatic heterocycles. The number of benzene rings is 1. The third-order valence-electron chi connectivity index (χ3n) is 3.10. The molecular weight excluding hydrogens is 250 g/mol. The lowest BCUT2D eigenvalue weighted by Crippen LogP contribution is -2.47. The van der Waals surface area contributed by atoms with Gasteiger partial charge in [0.05, 0.1) is 24.2 Å². The van der Waals surface area contributed by atoms with Crippen molar-refractivity contribution >= 4 is 17.3 Å². The van der Waals surface area contributed by atoms with Crippen molar-refractivity contribution in [2.45, 2.75) is 13.0 Å². The fraction of sp³-hybridized carbons (Fsp3) is 0.417. The molecule has 1 amide bonds. The molecule has 1 aliphatic rings. The summed E-state index contributed by atoms with van der Waals surface area (Å²) in [6.45, 7) is 3.32. The van der Waals surface area contributed by atoms with Gasteiger partial charge in [0, 0.05) is 18.2 Å². The summed E-state index contributed by atoms with van der Waals surface area (Å²) in [6, 6.07) is 4.07. The molecule has 1 aromatic carbocycles. The van der Waals surface area contributed by atoms with Crippen molar-refractivity contribution in [2.24, 2.45) is 0 Å². The van der Waals surface area contributed by atoms with Crippen molar-refractivity contribution in [1.29, 1.82) is 0 Å². The molecular formula is C12H15N3O4. The molecule has 7 nitrogen and oxygen atoms in total. The maximum atomic E-state index is 12.3. The predicted octanol–water partition coefficient (Wildman–Crippen LogP) is 1.04. The average molecular weight is 265 g/mol. The van der Waals surface area contributed by atoms with Crippen LogP contribution in [-0.2, 0) is 4.74 Å². The molecule has 0 saturated carbocycles. The van der Waals surface area contributed by atoms with Crippen LogP contribution in [0.2, 0.25) is 0 Å². The second-order valence-electron chi connectivity index (χ2n) is 4.45. The zero-order chi connectivity index (χ0) is 14.0. The first kappa shape index (κ1) is 13.3. The van der Waals surface area contributed by atoms with E-state index in [1.54, 1.807) is 4.90 Å². The molecule has 1 aromatic rings. The van der Waals surface area contributed by atoms with E-state index in [4.69, 9.17) is 10.5 Å². The first-order valence-electron chi connectivity index (χ1n) is 5.93. The number of nitrogens with zero attached hydrogens (tertiary/aromatic N) is 2. The van der Waals surface area contributed by atoms with Crippen LogP contribution in [0.15, 0.2) is 18.2 Å². The van der Waals surface area contributed by atoms with Crippen LogP contribution in [0.3, 0.4) is 0 Å². The highest BCUT2D eigenvalue weighted by Gasteiger charge is 2.26. The SMILES string of the molecule is CC1COCCN1C(=O)c1ccc(N)c([N+](=O)[O-])c1. The van der Waals surface area contributed by atoms with E-state index in [0.717, 1.165) is 0 Å². The molecule has 1 saturated heterocycles. The number of nitro benzene ring substituents is 1. The molecule has 1 aliphatic heterocycles. The largest absolute Gasteiger partial charge is 0.393 e. The quantitative estimate of drug-likeness (QED) is 0.489. The Kier molecular flexibility index (Phi) is 3.66. The van der Waals surface area contributed by atoms with Gasteiger partial charge in [-0.05, 0) is 19.1 Å². The van der Waals surface area contributed by atoms with E-state index in [1.165, 1.54) is 18.2 Å². The third-order valence-corrected chi connectivity index (χ3v) is 3.10. The molecule has 7 heteroatoms. The summed E-state index contributed by atoms with van der Waals surface area (Å²) in [7, 11) is 0. The van der Waals surface area contributed by atoms with E-state index in [0.29, 0.717) is 19.8 Å². The first-order chi connectivity index (χ1) is 9.00. The number of carbonyl (C=O) groups is 1. The molecule has 1 heterocycles.